The van der Waals surface area contributed by atoms with Gasteiger partial charge in [-0.3, -0.25) is 4.79 Å². The highest BCUT2D eigenvalue weighted by Crippen LogP contribution is 2.36. The number of hydrogen-bond acceptors (Lipinski definition) is 7. The number of hydrazine groups is 1. The molecule has 2 rings (SSSR count). The number of carbonyl (C=O) groups is 1. The predicted molar refractivity (Wildman–Crippen MR) is 105 cm³/mol. The average Bonchev–Trinajstić information content (AvgIpc) is 2.70. The average molecular weight is 445 g/mol. The highest BCUT2D eigenvalue weighted by molar-refractivity contribution is 6.34. The first kappa shape index (κ1) is 23.4. The van der Waals surface area contributed by atoms with Crippen molar-refractivity contribution < 1.29 is 23.1 Å². The second-order valence-corrected chi connectivity index (χ2v) is 6.53. The summed E-state index contributed by atoms with van der Waals surface area (Å²) < 4.78 is 39.1. The van der Waals surface area contributed by atoms with Crippen molar-refractivity contribution in [3.05, 3.63) is 64.2 Å². The molecule has 2 aromatic rings. The Balaban J connectivity index is 2.30. The fourth-order valence-corrected chi connectivity index (χ4v) is 2.89. The molecule has 1 heterocycles. The van der Waals surface area contributed by atoms with Gasteiger partial charge in [0.2, 0.25) is 5.95 Å². The number of carbonyl (C=O) groups excluding carboxylic acids is 1. The van der Waals surface area contributed by atoms with Crippen LogP contribution < -0.4 is 21.9 Å². The van der Waals surface area contributed by atoms with Crippen LogP contribution in [-0.2, 0) is 6.18 Å². The second kappa shape index (κ2) is 9.74. The Morgan fingerprint density at radius 2 is 1.93 bits per heavy atom. The van der Waals surface area contributed by atoms with Crippen molar-refractivity contribution >= 4 is 23.5 Å². The number of amides is 1. The lowest BCUT2D eigenvalue weighted by Crippen LogP contribution is -2.41. The Hall–Kier alpha value is -2.89. The molecule has 1 aromatic carbocycles. The molecular formula is C18H20ClF3N6O2. The van der Waals surface area contributed by atoms with Crippen molar-refractivity contribution in [1.82, 2.24) is 15.3 Å². The normalized spacial score (nSPS) is 13.4. The first-order chi connectivity index (χ1) is 14.1. The van der Waals surface area contributed by atoms with Gasteiger partial charge in [-0.15, -0.1) is 0 Å². The predicted octanol–water partition coefficient (Wildman–Crippen LogP) is 2.20. The van der Waals surface area contributed by atoms with Crippen LogP contribution in [0, 0.1) is 0 Å². The lowest BCUT2D eigenvalue weighted by Gasteiger charge is -2.25. The molecule has 1 atom stereocenters. The van der Waals surface area contributed by atoms with Gasteiger partial charge in [0.1, 0.15) is 0 Å². The summed E-state index contributed by atoms with van der Waals surface area (Å²) in [5.41, 5.74) is 4.93. The molecular weight excluding hydrogens is 425 g/mol. The summed E-state index contributed by atoms with van der Waals surface area (Å²) in [6, 6.07) is 3.75. The molecule has 162 valence electrons. The molecule has 1 aromatic heterocycles. The molecule has 1 unspecified atom stereocenters. The molecule has 8 nitrogen and oxygen atoms in total. The quantitative estimate of drug-likeness (QED) is 0.380. The number of nitrogens with two attached hydrogens (primary N) is 2. The number of aromatic nitrogens is 2. The van der Waals surface area contributed by atoms with Gasteiger partial charge in [0.05, 0.1) is 33.6 Å². The number of alkyl halides is 3. The van der Waals surface area contributed by atoms with Crippen LogP contribution >= 0.6 is 11.6 Å². The summed E-state index contributed by atoms with van der Waals surface area (Å²) in [4.78, 5) is 20.5. The monoisotopic (exact) mass is 444 g/mol. The van der Waals surface area contributed by atoms with Crippen LogP contribution in [0.4, 0.5) is 19.1 Å². The van der Waals surface area contributed by atoms with Gasteiger partial charge in [-0.25, -0.2) is 20.8 Å². The van der Waals surface area contributed by atoms with E-state index in [9.17, 15) is 23.1 Å². The second-order valence-electron chi connectivity index (χ2n) is 6.15. The van der Waals surface area contributed by atoms with E-state index in [1.54, 1.807) is 6.07 Å². The first-order valence-corrected chi connectivity index (χ1v) is 9.03. The molecule has 0 saturated heterocycles. The number of anilines is 1. The molecule has 1 amide bonds. The Kier molecular flexibility index (Phi) is 7.59. The Bertz CT molecular complexity index is 924. The van der Waals surface area contributed by atoms with Gasteiger partial charge >= 0.3 is 6.18 Å². The molecule has 0 aliphatic rings. The van der Waals surface area contributed by atoms with Crippen molar-refractivity contribution in [3.63, 3.8) is 0 Å². The fourth-order valence-electron chi connectivity index (χ4n) is 2.57. The van der Waals surface area contributed by atoms with Crippen LogP contribution in [0.3, 0.4) is 0 Å². The molecule has 0 saturated carbocycles. The summed E-state index contributed by atoms with van der Waals surface area (Å²) in [7, 11) is 0. The molecule has 0 aliphatic heterocycles. The maximum Gasteiger partial charge on any atom is 0.417 e. The Labute approximate surface area is 175 Å². The summed E-state index contributed by atoms with van der Waals surface area (Å²) in [5, 5.41) is 12.2. The van der Waals surface area contributed by atoms with Crippen molar-refractivity contribution in [2.75, 3.05) is 11.6 Å². The van der Waals surface area contributed by atoms with Gasteiger partial charge in [0.25, 0.3) is 5.91 Å². The van der Waals surface area contributed by atoms with Crippen molar-refractivity contribution in [2.45, 2.75) is 25.6 Å². The van der Waals surface area contributed by atoms with E-state index < -0.39 is 28.7 Å². The minimum Gasteiger partial charge on any atom is -0.399 e. The van der Waals surface area contributed by atoms with Gasteiger partial charge in [-0.05, 0) is 25.1 Å². The molecule has 30 heavy (non-hydrogen) atoms. The number of benzene rings is 1. The van der Waals surface area contributed by atoms with Crippen molar-refractivity contribution in [2.24, 2.45) is 11.6 Å². The van der Waals surface area contributed by atoms with Gasteiger partial charge in [-0.1, -0.05) is 17.7 Å². The number of nitrogens with one attached hydrogen (secondary N) is 1. The standard InChI is InChI=1S/C18H20ClF3N6O2/c1-10(15(23)13(6-9-29)28(24)17-25-7-3-8-26-17)27-16(30)11-4-2-5-12(14(11)19)18(20,21)22/h2-5,7-8,10,29H,6,9,23-24H2,1H3,(H,27,30)/b15-13-. The van der Waals surface area contributed by atoms with E-state index in [4.69, 9.17) is 23.2 Å². The molecule has 12 heteroatoms. The van der Waals surface area contributed by atoms with E-state index in [0.29, 0.717) is 0 Å². The SMILES string of the molecule is CC(NC(=O)c1cccc(C(F)(F)F)c1Cl)/C(N)=C(\CCO)N(N)c1ncccn1. The van der Waals surface area contributed by atoms with E-state index >= 15 is 0 Å². The zero-order chi connectivity index (χ0) is 22.5. The lowest BCUT2D eigenvalue weighted by atomic mass is 10.1. The maximum atomic E-state index is 13.0. The van der Waals surface area contributed by atoms with Crippen molar-refractivity contribution in [3.8, 4) is 0 Å². The third-order valence-electron chi connectivity index (χ3n) is 4.10. The van der Waals surface area contributed by atoms with Crippen LogP contribution in [0.25, 0.3) is 0 Å². The smallest absolute Gasteiger partial charge is 0.399 e. The summed E-state index contributed by atoms with van der Waals surface area (Å²) >= 11 is 5.79. The Morgan fingerprint density at radius 3 is 2.50 bits per heavy atom. The van der Waals surface area contributed by atoms with E-state index in [1.165, 1.54) is 25.4 Å². The van der Waals surface area contributed by atoms with Crippen molar-refractivity contribution in [1.29, 1.82) is 0 Å². The third-order valence-corrected chi connectivity index (χ3v) is 4.51. The molecule has 0 radical (unpaired) electrons. The fraction of sp³-hybridized carbons (Fsp3) is 0.278. The number of rotatable bonds is 7. The zero-order valence-electron chi connectivity index (χ0n) is 15.8. The highest BCUT2D eigenvalue weighted by Gasteiger charge is 2.34. The molecule has 6 N–H and O–H groups in total. The summed E-state index contributed by atoms with van der Waals surface area (Å²) in [6.45, 7) is 1.20. The molecule has 0 aliphatic carbocycles. The highest BCUT2D eigenvalue weighted by atomic mass is 35.5. The first-order valence-electron chi connectivity index (χ1n) is 8.65. The van der Waals surface area contributed by atoms with Gasteiger partial charge < -0.3 is 16.2 Å². The van der Waals surface area contributed by atoms with E-state index in [1.807, 2.05) is 0 Å². The third kappa shape index (κ3) is 5.38. The number of hydrogen-bond donors (Lipinski definition) is 4. The molecule has 0 spiro atoms. The van der Waals surface area contributed by atoms with Crippen LogP contribution in [0.5, 0.6) is 0 Å². The van der Waals surface area contributed by atoms with Gasteiger partial charge in [0.15, 0.2) is 0 Å². The number of halogens is 4. The van der Waals surface area contributed by atoms with Crippen LogP contribution in [0.1, 0.15) is 29.3 Å². The van der Waals surface area contributed by atoms with E-state index in [-0.39, 0.29) is 35.9 Å². The Morgan fingerprint density at radius 1 is 1.30 bits per heavy atom. The summed E-state index contributed by atoms with van der Waals surface area (Å²) in [5.74, 6) is 5.24. The maximum absolute atomic E-state index is 13.0. The van der Waals surface area contributed by atoms with E-state index in [2.05, 4.69) is 15.3 Å². The summed E-state index contributed by atoms with van der Waals surface area (Å²) in [6.07, 6.45) is -1.78. The van der Waals surface area contributed by atoms with Gasteiger partial charge in [0, 0.05) is 25.4 Å². The lowest BCUT2D eigenvalue weighted by molar-refractivity contribution is -0.137. The minimum atomic E-state index is -4.71. The minimum absolute atomic E-state index is 0.0190. The number of aliphatic hydroxyl groups excluding tert-OH is 1. The van der Waals surface area contributed by atoms with Crippen LogP contribution in [0.2, 0.25) is 5.02 Å². The number of aliphatic hydroxyl groups is 1. The van der Waals surface area contributed by atoms with E-state index in [0.717, 1.165) is 17.1 Å². The number of nitrogens with zero attached hydrogens (tertiary/aromatic N) is 3. The van der Waals surface area contributed by atoms with Crippen LogP contribution in [-0.4, -0.2) is 33.6 Å². The zero-order valence-corrected chi connectivity index (χ0v) is 16.6. The van der Waals surface area contributed by atoms with Gasteiger partial charge in [-0.2, -0.15) is 13.2 Å². The topological polar surface area (TPSA) is 130 Å². The van der Waals surface area contributed by atoms with Crippen LogP contribution in [0.15, 0.2) is 48.1 Å². The largest absolute Gasteiger partial charge is 0.417 e. The molecule has 0 bridgehead atoms. The molecule has 0 fully saturated rings.